The molecule has 0 aliphatic heterocycles. The number of anilines is 2. The maximum atomic E-state index is 6.07. The summed E-state index contributed by atoms with van der Waals surface area (Å²) in [5.41, 5.74) is 7.86. The third-order valence-corrected chi connectivity index (χ3v) is 3.81. The van der Waals surface area contributed by atoms with Gasteiger partial charge in [-0.05, 0) is 45.6 Å². The molecule has 0 unspecified atom stereocenters. The van der Waals surface area contributed by atoms with Crippen LogP contribution in [-0.2, 0) is 0 Å². The maximum absolute atomic E-state index is 6.07. The summed E-state index contributed by atoms with van der Waals surface area (Å²) in [5.74, 6) is 1.93. The Bertz CT molecular complexity index is 810. The molecule has 0 bridgehead atoms. The lowest BCUT2D eigenvalue weighted by Gasteiger charge is -2.10. The largest absolute Gasteiger partial charge is 0.370 e. The summed E-state index contributed by atoms with van der Waals surface area (Å²) < 4.78 is 1.84. The van der Waals surface area contributed by atoms with Gasteiger partial charge in [0, 0.05) is 12.6 Å². The lowest BCUT2D eigenvalue weighted by atomic mass is 10.3. The first-order valence-electron chi connectivity index (χ1n) is 8.09. The summed E-state index contributed by atoms with van der Waals surface area (Å²) in [6.07, 6.45) is 3.79. The molecule has 0 saturated heterocycles. The van der Waals surface area contributed by atoms with E-state index in [1.165, 1.54) is 0 Å². The number of para-hydroxylation sites is 2. The second-order valence-electron chi connectivity index (χ2n) is 5.99. The van der Waals surface area contributed by atoms with Crippen molar-refractivity contribution in [2.45, 2.75) is 12.8 Å². The van der Waals surface area contributed by atoms with Gasteiger partial charge < -0.3 is 16.0 Å². The van der Waals surface area contributed by atoms with Crippen molar-refractivity contribution in [1.82, 2.24) is 24.4 Å². The molecule has 7 heteroatoms. The molecule has 3 N–H and O–H groups in total. The van der Waals surface area contributed by atoms with Crippen molar-refractivity contribution in [3.63, 3.8) is 0 Å². The van der Waals surface area contributed by atoms with Gasteiger partial charge >= 0.3 is 0 Å². The van der Waals surface area contributed by atoms with Crippen molar-refractivity contribution in [1.29, 1.82) is 0 Å². The molecule has 0 spiro atoms. The lowest BCUT2D eigenvalue weighted by Crippen LogP contribution is -2.14. The van der Waals surface area contributed by atoms with Gasteiger partial charge in [0.25, 0.3) is 0 Å². The summed E-state index contributed by atoms with van der Waals surface area (Å²) >= 11 is 0. The predicted molar refractivity (Wildman–Crippen MR) is 97.4 cm³/mol. The van der Waals surface area contributed by atoms with Gasteiger partial charge in [-0.3, -0.25) is 4.57 Å². The van der Waals surface area contributed by atoms with E-state index in [0.717, 1.165) is 42.8 Å². The van der Waals surface area contributed by atoms with Crippen LogP contribution in [0.1, 0.15) is 12.8 Å². The molecule has 1 aromatic carbocycles. The van der Waals surface area contributed by atoms with Gasteiger partial charge in [0.15, 0.2) is 0 Å². The average Bonchev–Trinajstić information content (AvgIpc) is 2.90. The molecule has 0 saturated carbocycles. The van der Waals surface area contributed by atoms with Crippen LogP contribution < -0.4 is 11.1 Å². The Kier molecular flexibility index (Phi) is 4.90. The highest BCUT2D eigenvalue weighted by atomic mass is 15.2. The smallest absolute Gasteiger partial charge is 0.207 e. The zero-order valence-corrected chi connectivity index (χ0v) is 14.1. The van der Waals surface area contributed by atoms with Gasteiger partial charge in [0.1, 0.15) is 18.0 Å². The van der Waals surface area contributed by atoms with Gasteiger partial charge in [-0.25, -0.2) is 15.0 Å². The van der Waals surface area contributed by atoms with E-state index in [1.54, 1.807) is 6.33 Å². The van der Waals surface area contributed by atoms with Gasteiger partial charge in [-0.15, -0.1) is 0 Å². The first kappa shape index (κ1) is 16.2. The van der Waals surface area contributed by atoms with Crippen LogP contribution in [0.25, 0.3) is 16.9 Å². The maximum Gasteiger partial charge on any atom is 0.207 e. The van der Waals surface area contributed by atoms with Crippen molar-refractivity contribution < 1.29 is 0 Å². The number of nitrogens with two attached hydrogens (primary N) is 1. The fourth-order valence-electron chi connectivity index (χ4n) is 2.62. The fraction of sp³-hybridized carbons (Fsp3) is 0.353. The van der Waals surface area contributed by atoms with Crippen molar-refractivity contribution in [2.24, 2.45) is 0 Å². The van der Waals surface area contributed by atoms with E-state index >= 15 is 0 Å². The molecule has 24 heavy (non-hydrogen) atoms. The minimum Gasteiger partial charge on any atom is -0.370 e. The van der Waals surface area contributed by atoms with Crippen molar-refractivity contribution >= 4 is 22.8 Å². The average molecular weight is 325 g/mol. The van der Waals surface area contributed by atoms with Crippen molar-refractivity contribution in [3.8, 4) is 5.82 Å². The van der Waals surface area contributed by atoms with E-state index in [9.17, 15) is 0 Å². The second-order valence-corrected chi connectivity index (χ2v) is 5.99. The number of nitrogens with zero attached hydrogens (tertiary/aromatic N) is 5. The molecule has 126 valence electrons. The van der Waals surface area contributed by atoms with Gasteiger partial charge in [0.2, 0.25) is 5.95 Å². The number of nitrogen functional groups attached to an aromatic ring is 1. The van der Waals surface area contributed by atoms with Crippen molar-refractivity contribution in [2.75, 3.05) is 38.2 Å². The molecule has 0 aliphatic rings. The van der Waals surface area contributed by atoms with Crippen LogP contribution in [0.5, 0.6) is 0 Å². The highest BCUT2D eigenvalue weighted by Gasteiger charge is 2.11. The lowest BCUT2D eigenvalue weighted by molar-refractivity contribution is 0.396. The van der Waals surface area contributed by atoms with Crippen molar-refractivity contribution in [3.05, 3.63) is 36.7 Å². The Hall–Kier alpha value is -2.67. The quantitative estimate of drug-likeness (QED) is 0.648. The number of nitrogens with one attached hydrogen (secondary N) is 1. The Labute approximate surface area is 141 Å². The second kappa shape index (κ2) is 7.27. The fourth-order valence-corrected chi connectivity index (χ4v) is 2.62. The molecular weight excluding hydrogens is 302 g/mol. The van der Waals surface area contributed by atoms with Crippen LogP contribution >= 0.6 is 0 Å². The Morgan fingerprint density at radius 1 is 1.17 bits per heavy atom. The van der Waals surface area contributed by atoms with E-state index in [0.29, 0.717) is 11.8 Å². The van der Waals surface area contributed by atoms with E-state index in [-0.39, 0.29) is 0 Å². The van der Waals surface area contributed by atoms with Crippen LogP contribution in [0.15, 0.2) is 36.7 Å². The zero-order chi connectivity index (χ0) is 16.9. The van der Waals surface area contributed by atoms with E-state index in [4.69, 9.17) is 5.73 Å². The van der Waals surface area contributed by atoms with E-state index in [2.05, 4.69) is 39.3 Å². The first-order chi connectivity index (χ1) is 11.6. The molecule has 3 aromatic rings. The minimum absolute atomic E-state index is 0.423. The molecule has 7 nitrogen and oxygen atoms in total. The Balaban J connectivity index is 1.74. The summed E-state index contributed by atoms with van der Waals surface area (Å²) in [6.45, 7) is 1.97. The number of imidazole rings is 1. The number of hydrogen-bond donors (Lipinski definition) is 2. The molecule has 2 heterocycles. The minimum atomic E-state index is 0.423. The number of fused-ring (bicyclic) bond motifs is 1. The van der Waals surface area contributed by atoms with Gasteiger partial charge in [-0.1, -0.05) is 12.1 Å². The van der Waals surface area contributed by atoms with Crippen LogP contribution in [0.2, 0.25) is 0 Å². The Morgan fingerprint density at radius 3 is 2.83 bits per heavy atom. The summed E-state index contributed by atoms with van der Waals surface area (Å²) in [5, 5.41) is 3.34. The third kappa shape index (κ3) is 3.62. The molecule has 0 radical (unpaired) electrons. The normalized spacial score (nSPS) is 11.3. The van der Waals surface area contributed by atoms with E-state index < -0.39 is 0 Å². The SMILES string of the molecule is CN(C)CCCCNc1cc(-n2c(N)nc3ccccc32)ncn1. The summed E-state index contributed by atoms with van der Waals surface area (Å²) in [7, 11) is 4.17. The predicted octanol–water partition coefficient (Wildman–Crippen LogP) is 2.15. The number of aromatic nitrogens is 4. The number of unbranched alkanes of at least 4 members (excludes halogenated alkanes) is 1. The molecule has 0 amide bonds. The molecule has 2 aromatic heterocycles. The highest BCUT2D eigenvalue weighted by Crippen LogP contribution is 2.22. The molecule has 0 fully saturated rings. The molecule has 0 atom stereocenters. The number of rotatable bonds is 7. The topological polar surface area (TPSA) is 84.9 Å². The van der Waals surface area contributed by atoms with E-state index in [1.807, 2.05) is 34.9 Å². The number of hydrogen-bond acceptors (Lipinski definition) is 6. The molecular formula is C17H23N7. The van der Waals surface area contributed by atoms with Gasteiger partial charge in [-0.2, -0.15) is 0 Å². The Morgan fingerprint density at radius 2 is 2.00 bits per heavy atom. The van der Waals surface area contributed by atoms with Crippen LogP contribution in [-0.4, -0.2) is 51.6 Å². The first-order valence-corrected chi connectivity index (χ1v) is 8.09. The molecule has 3 rings (SSSR count). The van der Waals surface area contributed by atoms with Crippen LogP contribution in [0, 0.1) is 0 Å². The zero-order valence-electron chi connectivity index (χ0n) is 14.1. The highest BCUT2D eigenvalue weighted by molar-refractivity contribution is 5.80. The van der Waals surface area contributed by atoms with Gasteiger partial charge in [0.05, 0.1) is 11.0 Å². The third-order valence-electron chi connectivity index (χ3n) is 3.81. The number of benzene rings is 1. The van der Waals surface area contributed by atoms with Crippen LogP contribution in [0.4, 0.5) is 11.8 Å². The van der Waals surface area contributed by atoms with Crippen LogP contribution in [0.3, 0.4) is 0 Å². The standard InChI is InChI=1S/C17H23N7/c1-23(2)10-6-5-9-19-15-11-16(21-12-20-15)24-14-8-4-3-7-13(14)22-17(24)18/h3-4,7-8,11-12H,5-6,9-10H2,1-2H3,(H2,18,22)(H,19,20,21). The molecule has 0 aliphatic carbocycles. The summed E-state index contributed by atoms with van der Waals surface area (Å²) in [4.78, 5) is 15.2. The summed E-state index contributed by atoms with van der Waals surface area (Å²) in [6, 6.07) is 9.73. The monoisotopic (exact) mass is 325 g/mol.